The first kappa shape index (κ1) is 35.1. The molecule has 0 aromatic carbocycles. The fourth-order valence-corrected chi connectivity index (χ4v) is 5.59. The van der Waals surface area contributed by atoms with Crippen LogP contribution in [0.25, 0.3) is 0 Å². The molecule has 0 heterocycles. The van der Waals surface area contributed by atoms with E-state index >= 15 is 0 Å². The summed E-state index contributed by atoms with van der Waals surface area (Å²) in [6.45, 7) is 9.22. The summed E-state index contributed by atoms with van der Waals surface area (Å²) in [6.07, 6.45) is 36.2. The molecule has 4 heteroatoms. The third-order valence-electron chi connectivity index (χ3n) is 7.03. The molecular weight excluding hydrogens is 460 g/mol. The van der Waals surface area contributed by atoms with Crippen molar-refractivity contribution in [1.82, 2.24) is 0 Å². The van der Waals surface area contributed by atoms with E-state index in [1.807, 2.05) is 0 Å². The third-order valence-corrected chi connectivity index (χ3v) is 8.13. The van der Waals surface area contributed by atoms with Crippen LogP contribution >= 0.6 is 0 Å². The molecule has 0 bridgehead atoms. The summed E-state index contributed by atoms with van der Waals surface area (Å²) in [5.74, 6) is 0. The van der Waals surface area contributed by atoms with Crippen molar-refractivity contribution in [3.05, 3.63) is 24.3 Å². The molecule has 3 nitrogen and oxygen atoms in total. The summed E-state index contributed by atoms with van der Waals surface area (Å²) < 4.78 is 24.1. The maximum absolute atomic E-state index is 12.5. The molecule has 0 aliphatic carbocycles. The second-order valence-electron chi connectivity index (χ2n) is 10.8. The lowest BCUT2D eigenvalue weighted by atomic mass is 9.94. The minimum absolute atomic E-state index is 0.388. The Hall–Kier alpha value is -0.903. The number of allylic oxidation sites excluding steroid dienone is 4. The minimum Gasteiger partial charge on any atom is -0.496 e. The fraction of sp³-hybridized carbons (Fsp3) is 0.875. The first-order valence-electron chi connectivity index (χ1n) is 15.7. The van der Waals surface area contributed by atoms with Crippen LogP contribution in [0.2, 0.25) is 0 Å². The Morgan fingerprint density at radius 3 is 1.36 bits per heavy atom. The third kappa shape index (κ3) is 24.8. The molecule has 0 saturated carbocycles. The Kier molecular flexibility index (Phi) is 26.5. The SMILES string of the molecule is CCC=CCCC(C)(CCC=CCC)O[Si](=O)OCCCCCCCCCCCCCCCCCC. The standard InChI is InChI=1S/C32H62O3Si/c1-5-8-11-14-15-16-17-18-19-20-21-22-23-24-25-28-31-34-36(33)35-32(4,29-26-12-9-6-2)30-27-13-10-7-3/h9-10,12-13H,5-8,11,14-31H2,1-4H3. The van der Waals surface area contributed by atoms with E-state index in [1.54, 1.807) is 0 Å². The first-order valence-corrected chi connectivity index (χ1v) is 17.0. The second-order valence-corrected chi connectivity index (χ2v) is 11.8. The van der Waals surface area contributed by atoms with Crippen LogP contribution in [0.5, 0.6) is 0 Å². The molecule has 0 aliphatic rings. The molecule has 0 atom stereocenters. The highest BCUT2D eigenvalue weighted by molar-refractivity contribution is 6.26. The Bertz CT molecular complexity index is 511. The highest BCUT2D eigenvalue weighted by atomic mass is 28.3. The lowest BCUT2D eigenvalue weighted by molar-refractivity contribution is 0.0257. The van der Waals surface area contributed by atoms with Crippen molar-refractivity contribution in [2.24, 2.45) is 0 Å². The van der Waals surface area contributed by atoms with Crippen molar-refractivity contribution >= 4 is 9.17 Å². The van der Waals surface area contributed by atoms with Gasteiger partial charge < -0.3 is 8.85 Å². The van der Waals surface area contributed by atoms with Gasteiger partial charge in [-0.25, -0.2) is 0 Å². The largest absolute Gasteiger partial charge is 0.767 e. The normalized spacial score (nSPS) is 13.4. The van der Waals surface area contributed by atoms with Gasteiger partial charge in [-0.3, -0.25) is 4.46 Å². The van der Waals surface area contributed by atoms with Gasteiger partial charge in [-0.2, -0.15) is 0 Å². The Morgan fingerprint density at radius 1 is 0.583 bits per heavy atom. The zero-order chi connectivity index (χ0) is 26.6. The predicted octanol–water partition coefficient (Wildman–Crippen LogP) is 10.9. The number of hydrogen-bond donors (Lipinski definition) is 0. The van der Waals surface area contributed by atoms with Crippen LogP contribution in [-0.2, 0) is 13.3 Å². The second kappa shape index (κ2) is 27.1. The lowest BCUT2D eigenvalue weighted by Gasteiger charge is -2.29. The fourth-order valence-electron chi connectivity index (χ4n) is 4.61. The van der Waals surface area contributed by atoms with Crippen molar-refractivity contribution in [2.75, 3.05) is 6.61 Å². The van der Waals surface area contributed by atoms with Gasteiger partial charge in [-0.15, -0.1) is 0 Å². The van der Waals surface area contributed by atoms with Crippen molar-refractivity contribution in [3.8, 4) is 0 Å². The molecule has 0 N–H and O–H groups in total. The van der Waals surface area contributed by atoms with Crippen molar-refractivity contribution in [1.29, 1.82) is 0 Å². The van der Waals surface area contributed by atoms with E-state index in [2.05, 4.69) is 52.0 Å². The zero-order valence-corrected chi connectivity index (χ0v) is 25.8. The summed E-state index contributed by atoms with van der Waals surface area (Å²) in [7, 11) is -2.45. The molecule has 0 spiro atoms. The average molecular weight is 523 g/mol. The first-order chi connectivity index (χ1) is 17.6. The predicted molar refractivity (Wildman–Crippen MR) is 159 cm³/mol. The molecule has 0 aromatic rings. The molecule has 0 saturated heterocycles. The molecule has 0 radical (unpaired) electrons. The molecule has 212 valence electrons. The Balaban J connectivity index is 3.75. The summed E-state index contributed by atoms with van der Waals surface area (Å²) in [6, 6.07) is 0. The van der Waals surface area contributed by atoms with Crippen LogP contribution < -0.4 is 0 Å². The van der Waals surface area contributed by atoms with Gasteiger partial charge in [-0.05, 0) is 51.9 Å². The van der Waals surface area contributed by atoms with E-state index in [-0.39, 0.29) is 5.60 Å². The Labute approximate surface area is 227 Å². The van der Waals surface area contributed by atoms with Gasteiger partial charge in [-0.1, -0.05) is 141 Å². The molecule has 0 aliphatic heterocycles. The topological polar surface area (TPSA) is 35.5 Å². The molecule has 0 aromatic heterocycles. The molecule has 0 amide bonds. The van der Waals surface area contributed by atoms with Crippen LogP contribution in [-0.4, -0.2) is 21.4 Å². The van der Waals surface area contributed by atoms with E-state index in [0.29, 0.717) is 6.61 Å². The summed E-state index contributed by atoms with van der Waals surface area (Å²) in [5, 5.41) is 0. The van der Waals surface area contributed by atoms with Gasteiger partial charge in [0.2, 0.25) is 0 Å². The molecule has 0 unspecified atom stereocenters. The maximum atomic E-state index is 12.5. The van der Waals surface area contributed by atoms with Crippen LogP contribution in [0.4, 0.5) is 0 Å². The molecule has 0 fully saturated rings. The summed E-state index contributed by atoms with van der Waals surface area (Å²) in [5.41, 5.74) is -0.388. The highest BCUT2D eigenvalue weighted by Gasteiger charge is 2.29. The lowest BCUT2D eigenvalue weighted by Crippen LogP contribution is -2.34. The molecular formula is C32H62O3Si. The van der Waals surface area contributed by atoms with E-state index < -0.39 is 9.17 Å². The van der Waals surface area contributed by atoms with E-state index in [0.717, 1.165) is 51.4 Å². The highest BCUT2D eigenvalue weighted by Crippen LogP contribution is 2.25. The van der Waals surface area contributed by atoms with Gasteiger partial charge in [0, 0.05) is 0 Å². The van der Waals surface area contributed by atoms with Crippen molar-refractivity contribution in [3.63, 3.8) is 0 Å². The minimum atomic E-state index is -2.45. The van der Waals surface area contributed by atoms with Gasteiger partial charge in [0.1, 0.15) is 0 Å². The summed E-state index contributed by atoms with van der Waals surface area (Å²) >= 11 is 0. The Morgan fingerprint density at radius 2 is 0.972 bits per heavy atom. The van der Waals surface area contributed by atoms with Gasteiger partial charge in [0.15, 0.2) is 0 Å². The molecule has 0 rings (SSSR count). The zero-order valence-electron chi connectivity index (χ0n) is 24.8. The van der Waals surface area contributed by atoms with Crippen LogP contribution in [0.1, 0.15) is 169 Å². The van der Waals surface area contributed by atoms with Gasteiger partial charge >= 0.3 is 9.17 Å². The van der Waals surface area contributed by atoms with Crippen LogP contribution in [0.3, 0.4) is 0 Å². The van der Waals surface area contributed by atoms with Crippen molar-refractivity contribution < 1.29 is 13.3 Å². The maximum Gasteiger partial charge on any atom is 0.767 e. The van der Waals surface area contributed by atoms with Crippen LogP contribution in [0, 0.1) is 0 Å². The number of rotatable bonds is 28. The average Bonchev–Trinajstić information content (AvgIpc) is 2.86. The molecule has 36 heavy (non-hydrogen) atoms. The van der Waals surface area contributed by atoms with E-state index in [9.17, 15) is 4.46 Å². The van der Waals surface area contributed by atoms with Crippen LogP contribution in [0.15, 0.2) is 24.3 Å². The quantitative estimate of drug-likeness (QED) is 0.0582. The van der Waals surface area contributed by atoms with Gasteiger partial charge in [0.05, 0.1) is 12.2 Å². The van der Waals surface area contributed by atoms with E-state index in [1.165, 1.54) is 89.9 Å². The summed E-state index contributed by atoms with van der Waals surface area (Å²) in [4.78, 5) is 0. The number of unbranched alkanes of at least 4 members (excludes halogenated alkanes) is 15. The monoisotopic (exact) mass is 522 g/mol. The van der Waals surface area contributed by atoms with Crippen molar-refractivity contribution in [2.45, 2.75) is 175 Å². The van der Waals surface area contributed by atoms with Gasteiger partial charge in [0.25, 0.3) is 0 Å². The number of hydrogen-bond acceptors (Lipinski definition) is 3. The van der Waals surface area contributed by atoms with E-state index in [4.69, 9.17) is 8.85 Å². The smallest absolute Gasteiger partial charge is 0.496 e.